The minimum absolute atomic E-state index is 0.0792. The van der Waals surface area contributed by atoms with Crippen molar-refractivity contribution in [3.8, 4) is 0 Å². The van der Waals surface area contributed by atoms with E-state index in [-0.39, 0.29) is 31.1 Å². The molecule has 0 aliphatic carbocycles. The number of carbonyl (C=O) groups excluding carboxylic acids is 3. The zero-order valence-electron chi connectivity index (χ0n) is 35.5. The van der Waals surface area contributed by atoms with Crippen LogP contribution in [0, 0.1) is 0 Å². The van der Waals surface area contributed by atoms with Crippen molar-refractivity contribution in [1.29, 1.82) is 0 Å². The van der Waals surface area contributed by atoms with Crippen LogP contribution in [-0.4, -0.2) is 37.2 Å². The van der Waals surface area contributed by atoms with E-state index in [1.807, 2.05) is 0 Å². The summed E-state index contributed by atoms with van der Waals surface area (Å²) >= 11 is 0. The van der Waals surface area contributed by atoms with E-state index < -0.39 is 6.10 Å². The maximum absolute atomic E-state index is 12.7. The van der Waals surface area contributed by atoms with Crippen molar-refractivity contribution in [2.45, 2.75) is 226 Å². The van der Waals surface area contributed by atoms with Crippen LogP contribution < -0.4 is 0 Å². The van der Waals surface area contributed by atoms with Gasteiger partial charge in [0.1, 0.15) is 13.2 Å². The first kappa shape index (κ1) is 51.4. The predicted molar refractivity (Wildman–Crippen MR) is 229 cm³/mol. The van der Waals surface area contributed by atoms with E-state index in [9.17, 15) is 14.4 Å². The zero-order valence-corrected chi connectivity index (χ0v) is 35.5. The van der Waals surface area contributed by atoms with E-state index in [2.05, 4.69) is 69.4 Å². The van der Waals surface area contributed by atoms with Crippen LogP contribution in [0.25, 0.3) is 0 Å². The summed E-state index contributed by atoms with van der Waals surface area (Å²) in [4.78, 5) is 37.7. The molecule has 0 N–H and O–H groups in total. The second-order valence-corrected chi connectivity index (χ2v) is 15.0. The van der Waals surface area contributed by atoms with Crippen LogP contribution in [0.3, 0.4) is 0 Å². The summed E-state index contributed by atoms with van der Waals surface area (Å²) in [5.41, 5.74) is 0. The number of hydrogen-bond acceptors (Lipinski definition) is 6. The van der Waals surface area contributed by atoms with E-state index in [1.165, 1.54) is 96.3 Å². The van der Waals surface area contributed by atoms with Gasteiger partial charge in [0.15, 0.2) is 6.10 Å². The molecule has 6 heteroatoms. The molecule has 0 rings (SSSR count). The molecule has 0 amide bonds. The van der Waals surface area contributed by atoms with Gasteiger partial charge in [-0.05, 0) is 57.8 Å². The van der Waals surface area contributed by atoms with Crippen LogP contribution in [0.4, 0.5) is 0 Å². The molecule has 6 nitrogen and oxygen atoms in total. The van der Waals surface area contributed by atoms with Crippen molar-refractivity contribution >= 4 is 17.9 Å². The highest BCUT2D eigenvalue weighted by molar-refractivity contribution is 5.71. The summed E-state index contributed by atoms with van der Waals surface area (Å²) in [6, 6.07) is 0. The predicted octanol–water partition coefficient (Wildman–Crippen LogP) is 14.4. The van der Waals surface area contributed by atoms with E-state index in [0.29, 0.717) is 19.3 Å². The summed E-state index contributed by atoms with van der Waals surface area (Å²) in [7, 11) is 0. The van der Waals surface area contributed by atoms with E-state index in [0.717, 1.165) is 83.5 Å². The fourth-order valence-electron chi connectivity index (χ4n) is 6.19. The van der Waals surface area contributed by atoms with E-state index in [1.54, 1.807) is 0 Å². The van der Waals surface area contributed by atoms with Crippen molar-refractivity contribution in [3.63, 3.8) is 0 Å². The van der Waals surface area contributed by atoms with Crippen molar-refractivity contribution in [3.05, 3.63) is 48.6 Å². The Bertz CT molecular complexity index is 964. The average molecular weight is 757 g/mol. The van der Waals surface area contributed by atoms with Crippen LogP contribution in [-0.2, 0) is 28.6 Å². The van der Waals surface area contributed by atoms with Crippen LogP contribution in [0.1, 0.15) is 220 Å². The highest BCUT2D eigenvalue weighted by atomic mass is 16.6. The quantitative estimate of drug-likeness (QED) is 0.0204. The van der Waals surface area contributed by atoms with Gasteiger partial charge in [0.25, 0.3) is 0 Å². The Labute approximate surface area is 333 Å². The molecule has 0 radical (unpaired) electrons. The number of unbranched alkanes of at least 4 members (excludes halogenated alkanes) is 23. The van der Waals surface area contributed by atoms with Crippen LogP contribution in [0.2, 0.25) is 0 Å². The largest absolute Gasteiger partial charge is 0.462 e. The summed E-state index contributed by atoms with van der Waals surface area (Å²) < 4.78 is 16.7. The van der Waals surface area contributed by atoms with Gasteiger partial charge >= 0.3 is 17.9 Å². The minimum atomic E-state index is -0.777. The third kappa shape index (κ3) is 40.6. The lowest BCUT2D eigenvalue weighted by atomic mass is 10.1. The second kappa shape index (κ2) is 43.1. The molecule has 1 atom stereocenters. The lowest BCUT2D eigenvalue weighted by Crippen LogP contribution is -2.30. The number of rotatable bonds is 40. The summed E-state index contributed by atoms with van der Waals surface area (Å²) in [6.45, 7) is 6.43. The highest BCUT2D eigenvalue weighted by Crippen LogP contribution is 2.14. The Kier molecular flexibility index (Phi) is 41.0. The standard InChI is InChI=1S/C48H84O6/c1-4-7-10-13-16-19-22-23-24-25-27-29-32-35-38-41-47(50)53-44-45(43-52-46(49)40-37-34-31-28-21-18-15-12-9-6-3)54-48(51)42-39-36-33-30-26-20-17-14-11-8-5-2/h7,10,13-14,16-17,19,22,45H,4-6,8-9,11-12,15,18,20-21,23-44H2,1-3H3/b10-7-,16-13-,17-14-,22-19-. The van der Waals surface area contributed by atoms with Gasteiger partial charge in [0, 0.05) is 19.3 Å². The first-order valence-corrected chi connectivity index (χ1v) is 22.7. The summed E-state index contributed by atoms with van der Waals surface area (Å²) in [5, 5.41) is 0. The third-order valence-corrected chi connectivity index (χ3v) is 9.63. The van der Waals surface area contributed by atoms with Crippen molar-refractivity contribution in [2.24, 2.45) is 0 Å². The SMILES string of the molecule is CC\C=C/C=C\C=C/CCCCCCCCCC(=O)OCC(COC(=O)CCCCCCCCCCCC)OC(=O)CCCCCCC/C=C\CCCC. The maximum atomic E-state index is 12.7. The molecule has 0 heterocycles. The Morgan fingerprint density at radius 3 is 1.22 bits per heavy atom. The highest BCUT2D eigenvalue weighted by Gasteiger charge is 2.19. The van der Waals surface area contributed by atoms with Crippen LogP contribution >= 0.6 is 0 Å². The van der Waals surface area contributed by atoms with Gasteiger partial charge in [-0.15, -0.1) is 0 Å². The normalized spacial score (nSPS) is 12.4. The number of hydrogen-bond donors (Lipinski definition) is 0. The van der Waals surface area contributed by atoms with Crippen molar-refractivity contribution in [1.82, 2.24) is 0 Å². The molecule has 0 bridgehead atoms. The molecular weight excluding hydrogens is 673 g/mol. The zero-order chi connectivity index (χ0) is 39.4. The van der Waals surface area contributed by atoms with Gasteiger partial charge in [-0.3, -0.25) is 14.4 Å². The Balaban J connectivity index is 4.37. The molecule has 0 aromatic heterocycles. The Morgan fingerprint density at radius 1 is 0.389 bits per heavy atom. The van der Waals surface area contributed by atoms with Crippen LogP contribution in [0.15, 0.2) is 48.6 Å². The lowest BCUT2D eigenvalue weighted by molar-refractivity contribution is -0.167. The molecular formula is C48H84O6. The molecule has 312 valence electrons. The molecule has 0 spiro atoms. The Hall–Kier alpha value is -2.63. The average Bonchev–Trinajstić information content (AvgIpc) is 3.17. The molecule has 0 saturated carbocycles. The topological polar surface area (TPSA) is 78.9 Å². The summed E-state index contributed by atoms with van der Waals surface area (Å²) in [5.74, 6) is -0.904. The van der Waals surface area contributed by atoms with Gasteiger partial charge in [0.2, 0.25) is 0 Å². The van der Waals surface area contributed by atoms with Gasteiger partial charge < -0.3 is 14.2 Å². The number of allylic oxidation sites excluding steroid dienone is 8. The fraction of sp³-hybridized carbons (Fsp3) is 0.771. The molecule has 1 unspecified atom stereocenters. The molecule has 0 fully saturated rings. The van der Waals surface area contributed by atoms with E-state index >= 15 is 0 Å². The van der Waals surface area contributed by atoms with Crippen molar-refractivity contribution < 1.29 is 28.6 Å². The fourth-order valence-corrected chi connectivity index (χ4v) is 6.19. The molecule has 0 aliphatic heterocycles. The van der Waals surface area contributed by atoms with Gasteiger partial charge in [-0.2, -0.15) is 0 Å². The smallest absolute Gasteiger partial charge is 0.306 e. The van der Waals surface area contributed by atoms with Crippen molar-refractivity contribution in [2.75, 3.05) is 13.2 Å². The number of carbonyl (C=O) groups is 3. The molecule has 0 saturated heterocycles. The van der Waals surface area contributed by atoms with Crippen LogP contribution in [0.5, 0.6) is 0 Å². The first-order chi connectivity index (χ1) is 26.5. The maximum Gasteiger partial charge on any atom is 0.306 e. The lowest BCUT2D eigenvalue weighted by Gasteiger charge is -2.18. The molecule has 0 aromatic carbocycles. The molecule has 0 aromatic rings. The molecule has 0 aliphatic rings. The minimum Gasteiger partial charge on any atom is -0.462 e. The Morgan fingerprint density at radius 2 is 0.759 bits per heavy atom. The van der Waals surface area contributed by atoms with Gasteiger partial charge in [-0.25, -0.2) is 0 Å². The second-order valence-electron chi connectivity index (χ2n) is 15.0. The monoisotopic (exact) mass is 757 g/mol. The first-order valence-electron chi connectivity index (χ1n) is 22.7. The molecule has 54 heavy (non-hydrogen) atoms. The number of ether oxygens (including phenoxy) is 3. The number of esters is 3. The van der Waals surface area contributed by atoms with E-state index in [4.69, 9.17) is 14.2 Å². The van der Waals surface area contributed by atoms with Gasteiger partial charge in [0.05, 0.1) is 0 Å². The third-order valence-electron chi connectivity index (χ3n) is 9.63. The summed E-state index contributed by atoms with van der Waals surface area (Å²) in [6.07, 6.45) is 49.5. The van der Waals surface area contributed by atoms with Gasteiger partial charge in [-0.1, -0.05) is 191 Å².